The van der Waals surface area contributed by atoms with Gasteiger partial charge in [0.1, 0.15) is 5.82 Å². The summed E-state index contributed by atoms with van der Waals surface area (Å²) in [6, 6.07) is 3.37. The van der Waals surface area contributed by atoms with Gasteiger partial charge in [0.15, 0.2) is 0 Å². The summed E-state index contributed by atoms with van der Waals surface area (Å²) >= 11 is -0.659. The highest BCUT2D eigenvalue weighted by Gasteiger charge is 2.32. The first kappa shape index (κ1) is 16.3. The molecule has 1 aromatic carbocycles. The molecule has 0 spiro atoms. The number of halogens is 4. The molecular formula is C12H9F4NO2S. The standard InChI is InChI=1S/C12H9F4NO2S/c1-2-19-10(18)5-8-3-7(6-17)4-9(13)11(8)20-12(14,15)16/h3-4H,2,5H2,1H3. The smallest absolute Gasteiger partial charge is 0.446 e. The normalized spacial score (nSPS) is 11.0. The molecule has 1 rings (SSSR count). The van der Waals surface area contributed by atoms with Crippen LogP contribution in [0, 0.1) is 17.1 Å². The van der Waals surface area contributed by atoms with Gasteiger partial charge in [-0.25, -0.2) is 4.39 Å². The van der Waals surface area contributed by atoms with Crippen LogP contribution in [0.3, 0.4) is 0 Å². The molecule has 3 nitrogen and oxygen atoms in total. The summed E-state index contributed by atoms with van der Waals surface area (Å²) in [6.45, 7) is 1.59. The van der Waals surface area contributed by atoms with Gasteiger partial charge < -0.3 is 4.74 Å². The molecule has 0 saturated carbocycles. The second kappa shape index (κ2) is 6.61. The topological polar surface area (TPSA) is 50.1 Å². The third-order valence-corrected chi connectivity index (χ3v) is 3.00. The molecule has 8 heteroatoms. The molecule has 108 valence electrons. The lowest BCUT2D eigenvalue weighted by atomic mass is 10.1. The Bertz CT molecular complexity index is 552. The van der Waals surface area contributed by atoms with Gasteiger partial charge in [-0.05, 0) is 36.4 Å². The van der Waals surface area contributed by atoms with Gasteiger partial charge in [-0.3, -0.25) is 4.79 Å². The minimum absolute atomic E-state index is 0.0566. The first-order chi connectivity index (χ1) is 9.26. The van der Waals surface area contributed by atoms with Crippen LogP contribution in [0.1, 0.15) is 18.1 Å². The van der Waals surface area contributed by atoms with Crippen LogP contribution >= 0.6 is 11.8 Å². The number of nitriles is 1. The van der Waals surface area contributed by atoms with E-state index in [1.54, 1.807) is 6.07 Å². The van der Waals surface area contributed by atoms with Gasteiger partial charge >= 0.3 is 11.5 Å². The largest absolute Gasteiger partial charge is 0.466 e. The minimum Gasteiger partial charge on any atom is -0.466 e. The zero-order chi connectivity index (χ0) is 15.3. The predicted octanol–water partition coefficient (Wildman–Crippen LogP) is 3.41. The van der Waals surface area contributed by atoms with E-state index in [1.807, 2.05) is 0 Å². The molecule has 0 fully saturated rings. The Kier molecular flexibility index (Phi) is 5.39. The fourth-order valence-electron chi connectivity index (χ4n) is 1.44. The quantitative estimate of drug-likeness (QED) is 0.486. The van der Waals surface area contributed by atoms with E-state index in [9.17, 15) is 22.4 Å². The molecule has 1 aromatic rings. The summed E-state index contributed by atoms with van der Waals surface area (Å²) in [5.41, 5.74) is -5.08. The number of carbonyl (C=O) groups is 1. The lowest BCUT2D eigenvalue weighted by Gasteiger charge is -2.12. The Morgan fingerprint density at radius 3 is 2.60 bits per heavy atom. The summed E-state index contributed by atoms with van der Waals surface area (Å²) < 4.78 is 55.4. The number of alkyl halides is 3. The third kappa shape index (κ3) is 4.74. The number of rotatable bonds is 4. The lowest BCUT2D eigenvalue weighted by Crippen LogP contribution is -2.11. The Balaban J connectivity index is 3.19. The van der Waals surface area contributed by atoms with E-state index >= 15 is 0 Å². The molecule has 0 bridgehead atoms. The molecule has 0 aromatic heterocycles. The van der Waals surface area contributed by atoms with Crippen molar-refractivity contribution in [2.24, 2.45) is 0 Å². The number of nitrogens with zero attached hydrogens (tertiary/aromatic N) is 1. The van der Waals surface area contributed by atoms with Gasteiger partial charge in [0.2, 0.25) is 0 Å². The van der Waals surface area contributed by atoms with E-state index < -0.39 is 40.4 Å². The number of esters is 1. The Morgan fingerprint density at radius 1 is 1.45 bits per heavy atom. The highest BCUT2D eigenvalue weighted by atomic mass is 32.2. The van der Waals surface area contributed by atoms with Crippen molar-refractivity contribution in [3.05, 3.63) is 29.1 Å². The van der Waals surface area contributed by atoms with Crippen LogP contribution in [-0.2, 0) is 16.0 Å². The first-order valence-corrected chi connectivity index (χ1v) is 6.22. The molecule has 0 radical (unpaired) electrons. The van der Waals surface area contributed by atoms with Gasteiger partial charge in [0, 0.05) is 0 Å². The molecule has 0 amide bonds. The number of hydrogen-bond acceptors (Lipinski definition) is 4. The lowest BCUT2D eigenvalue weighted by molar-refractivity contribution is -0.142. The number of thioether (sulfide) groups is 1. The zero-order valence-corrected chi connectivity index (χ0v) is 11.1. The molecule has 0 aliphatic heterocycles. The fourth-order valence-corrected chi connectivity index (χ4v) is 2.09. The van der Waals surface area contributed by atoms with Gasteiger partial charge in [-0.15, -0.1) is 0 Å². The zero-order valence-electron chi connectivity index (χ0n) is 10.3. The van der Waals surface area contributed by atoms with Gasteiger partial charge in [-0.2, -0.15) is 18.4 Å². The second-order valence-electron chi connectivity index (χ2n) is 3.59. The molecule has 0 N–H and O–H groups in total. The monoisotopic (exact) mass is 307 g/mol. The van der Waals surface area contributed by atoms with E-state index in [0.29, 0.717) is 6.07 Å². The van der Waals surface area contributed by atoms with Crippen LogP contribution in [-0.4, -0.2) is 18.1 Å². The summed E-state index contributed by atoms with van der Waals surface area (Å²) in [7, 11) is 0. The van der Waals surface area contributed by atoms with E-state index in [-0.39, 0.29) is 17.7 Å². The van der Waals surface area contributed by atoms with Crippen molar-refractivity contribution in [2.75, 3.05) is 6.61 Å². The molecule has 0 unspecified atom stereocenters. The number of carbonyl (C=O) groups excluding carboxylic acids is 1. The maximum atomic E-state index is 13.6. The second-order valence-corrected chi connectivity index (χ2v) is 4.66. The highest BCUT2D eigenvalue weighted by molar-refractivity contribution is 8.00. The van der Waals surface area contributed by atoms with Gasteiger partial charge in [0.05, 0.1) is 29.6 Å². The minimum atomic E-state index is -4.70. The SMILES string of the molecule is CCOC(=O)Cc1cc(C#N)cc(F)c1SC(F)(F)F. The van der Waals surface area contributed by atoms with Crippen molar-refractivity contribution in [3.63, 3.8) is 0 Å². The van der Waals surface area contributed by atoms with E-state index in [2.05, 4.69) is 4.74 Å². The average molecular weight is 307 g/mol. The molecule has 0 atom stereocenters. The summed E-state index contributed by atoms with van der Waals surface area (Å²) in [5, 5.41) is 8.69. The van der Waals surface area contributed by atoms with Crippen LogP contribution in [0.4, 0.5) is 17.6 Å². The number of ether oxygens (including phenoxy) is 1. The van der Waals surface area contributed by atoms with Crippen molar-refractivity contribution in [1.29, 1.82) is 5.26 Å². The Labute approximate surface area is 116 Å². The van der Waals surface area contributed by atoms with Crippen LogP contribution < -0.4 is 0 Å². The number of benzene rings is 1. The van der Waals surface area contributed by atoms with Crippen molar-refractivity contribution >= 4 is 17.7 Å². The van der Waals surface area contributed by atoms with Crippen LogP contribution in [0.25, 0.3) is 0 Å². The van der Waals surface area contributed by atoms with Crippen molar-refractivity contribution in [3.8, 4) is 6.07 Å². The summed E-state index contributed by atoms with van der Waals surface area (Å²) in [6.07, 6.45) is -0.529. The molecule has 0 aliphatic carbocycles. The van der Waals surface area contributed by atoms with E-state index in [1.165, 1.54) is 6.92 Å². The predicted molar refractivity (Wildman–Crippen MR) is 63.4 cm³/mol. The maximum absolute atomic E-state index is 13.6. The van der Waals surface area contributed by atoms with Crippen molar-refractivity contribution < 1.29 is 27.1 Å². The fraction of sp³-hybridized carbons (Fsp3) is 0.333. The molecule has 0 aliphatic rings. The molecule has 20 heavy (non-hydrogen) atoms. The highest BCUT2D eigenvalue weighted by Crippen LogP contribution is 2.40. The summed E-state index contributed by atoms with van der Waals surface area (Å²) in [5.74, 6) is -1.98. The molecular weight excluding hydrogens is 298 g/mol. The van der Waals surface area contributed by atoms with E-state index in [4.69, 9.17) is 5.26 Å². The van der Waals surface area contributed by atoms with Crippen LogP contribution in [0.2, 0.25) is 0 Å². The van der Waals surface area contributed by atoms with Gasteiger partial charge in [-0.1, -0.05) is 0 Å². The molecule has 0 saturated heterocycles. The number of hydrogen-bond donors (Lipinski definition) is 0. The van der Waals surface area contributed by atoms with Crippen LogP contribution in [0.15, 0.2) is 17.0 Å². The van der Waals surface area contributed by atoms with Crippen molar-refractivity contribution in [2.45, 2.75) is 23.7 Å². The summed E-state index contributed by atoms with van der Waals surface area (Å²) in [4.78, 5) is 10.6. The van der Waals surface area contributed by atoms with Crippen molar-refractivity contribution in [1.82, 2.24) is 0 Å². The van der Waals surface area contributed by atoms with Gasteiger partial charge in [0.25, 0.3) is 0 Å². The van der Waals surface area contributed by atoms with Crippen LogP contribution in [0.5, 0.6) is 0 Å². The Hall–Kier alpha value is -1.75. The Morgan fingerprint density at radius 2 is 2.10 bits per heavy atom. The third-order valence-electron chi connectivity index (χ3n) is 2.11. The average Bonchev–Trinajstić information content (AvgIpc) is 2.32. The first-order valence-electron chi connectivity index (χ1n) is 5.40. The maximum Gasteiger partial charge on any atom is 0.446 e. The molecule has 0 heterocycles. The van der Waals surface area contributed by atoms with E-state index in [0.717, 1.165) is 6.07 Å².